The average Bonchev–Trinajstić information content (AvgIpc) is 2.90. The lowest BCUT2D eigenvalue weighted by Crippen LogP contribution is -2.52. The summed E-state index contributed by atoms with van der Waals surface area (Å²) in [4.78, 5) is 28.5. The highest BCUT2D eigenvalue weighted by atomic mass is 35.5. The second-order valence-electron chi connectivity index (χ2n) is 9.77. The van der Waals surface area contributed by atoms with Gasteiger partial charge in [-0.1, -0.05) is 66.6 Å². The standard InChI is InChI=1S/C30H36ClN3O4S/c1-6-23(4)32-30(36)24(5)33(19-25-11-7-8-13-28(25)31)29(35)20-34(26-12-9-10-22(3)18-26)39(37,38)27-16-14-21(2)15-17-27/h7-18,23-24H,6,19-20H2,1-5H3,(H,32,36)/t23-,24+/m1/s1. The van der Waals surface area contributed by atoms with Crippen LogP contribution >= 0.6 is 11.6 Å². The predicted octanol–water partition coefficient (Wildman–Crippen LogP) is 5.48. The third kappa shape index (κ3) is 7.61. The SMILES string of the molecule is CC[C@@H](C)NC(=O)[C@H](C)N(Cc1ccccc1Cl)C(=O)CN(c1cccc(C)c1)S(=O)(=O)c1ccc(C)cc1. The zero-order valence-corrected chi connectivity index (χ0v) is 24.6. The number of anilines is 1. The molecule has 2 atom stereocenters. The molecule has 3 aromatic carbocycles. The van der Waals surface area contributed by atoms with Gasteiger partial charge in [-0.15, -0.1) is 0 Å². The number of sulfonamides is 1. The van der Waals surface area contributed by atoms with Gasteiger partial charge in [0.25, 0.3) is 10.0 Å². The van der Waals surface area contributed by atoms with E-state index in [1.165, 1.54) is 17.0 Å². The van der Waals surface area contributed by atoms with Crippen molar-refractivity contribution in [2.75, 3.05) is 10.8 Å². The number of carbonyl (C=O) groups excluding carboxylic acids is 2. The highest BCUT2D eigenvalue weighted by molar-refractivity contribution is 7.92. The Morgan fingerprint density at radius 2 is 1.59 bits per heavy atom. The van der Waals surface area contributed by atoms with Gasteiger partial charge in [0.2, 0.25) is 11.8 Å². The van der Waals surface area contributed by atoms with Gasteiger partial charge in [-0.25, -0.2) is 8.42 Å². The molecule has 0 bridgehead atoms. The second kappa shape index (κ2) is 13.1. The van der Waals surface area contributed by atoms with Crippen LogP contribution in [-0.4, -0.2) is 43.8 Å². The first-order valence-corrected chi connectivity index (χ1v) is 14.7. The van der Waals surface area contributed by atoms with E-state index in [2.05, 4.69) is 5.32 Å². The van der Waals surface area contributed by atoms with Crippen LogP contribution in [0.3, 0.4) is 0 Å². The minimum atomic E-state index is -4.11. The van der Waals surface area contributed by atoms with Gasteiger partial charge in [-0.3, -0.25) is 13.9 Å². The summed E-state index contributed by atoms with van der Waals surface area (Å²) in [6, 6.07) is 19.6. The molecule has 0 unspecified atom stereocenters. The van der Waals surface area contributed by atoms with Crippen molar-refractivity contribution in [3.05, 3.63) is 94.5 Å². The Hall–Kier alpha value is -3.36. The summed E-state index contributed by atoms with van der Waals surface area (Å²) in [6.07, 6.45) is 0.729. The number of nitrogens with zero attached hydrogens (tertiary/aromatic N) is 2. The minimum absolute atomic E-state index is 0.0415. The molecule has 7 nitrogen and oxygen atoms in total. The third-order valence-electron chi connectivity index (χ3n) is 6.64. The van der Waals surface area contributed by atoms with Crippen molar-refractivity contribution < 1.29 is 18.0 Å². The predicted molar refractivity (Wildman–Crippen MR) is 156 cm³/mol. The maximum absolute atomic E-state index is 14.0. The lowest BCUT2D eigenvalue weighted by molar-refractivity contribution is -0.139. The van der Waals surface area contributed by atoms with Crippen LogP contribution in [0.4, 0.5) is 5.69 Å². The molecule has 0 spiro atoms. The van der Waals surface area contributed by atoms with Crippen molar-refractivity contribution in [1.82, 2.24) is 10.2 Å². The van der Waals surface area contributed by atoms with Crippen LogP contribution in [0.2, 0.25) is 5.02 Å². The molecule has 0 aliphatic heterocycles. The number of amides is 2. The fourth-order valence-electron chi connectivity index (χ4n) is 4.01. The van der Waals surface area contributed by atoms with Gasteiger partial charge < -0.3 is 10.2 Å². The summed E-state index contributed by atoms with van der Waals surface area (Å²) in [6.45, 7) is 8.75. The van der Waals surface area contributed by atoms with E-state index >= 15 is 0 Å². The normalized spacial score (nSPS) is 12.9. The van der Waals surface area contributed by atoms with Crippen LogP contribution < -0.4 is 9.62 Å². The second-order valence-corrected chi connectivity index (χ2v) is 12.0. The van der Waals surface area contributed by atoms with Crippen LogP contribution in [0.1, 0.15) is 43.9 Å². The molecule has 0 aliphatic carbocycles. The number of aryl methyl sites for hydroxylation is 2. The molecule has 0 saturated heterocycles. The molecule has 1 N–H and O–H groups in total. The van der Waals surface area contributed by atoms with Gasteiger partial charge in [-0.05, 0) is 75.6 Å². The molecule has 208 valence electrons. The van der Waals surface area contributed by atoms with Crippen LogP contribution in [-0.2, 0) is 26.2 Å². The number of benzene rings is 3. The van der Waals surface area contributed by atoms with Crippen molar-refractivity contribution in [3.8, 4) is 0 Å². The zero-order chi connectivity index (χ0) is 28.7. The van der Waals surface area contributed by atoms with Gasteiger partial charge in [0.1, 0.15) is 12.6 Å². The van der Waals surface area contributed by atoms with E-state index in [1.54, 1.807) is 61.5 Å². The van der Waals surface area contributed by atoms with E-state index in [4.69, 9.17) is 11.6 Å². The molecular formula is C30H36ClN3O4S. The molecule has 0 saturated carbocycles. The molecule has 3 aromatic rings. The first kappa shape index (κ1) is 30.2. The monoisotopic (exact) mass is 569 g/mol. The minimum Gasteiger partial charge on any atom is -0.352 e. The van der Waals surface area contributed by atoms with E-state index in [9.17, 15) is 18.0 Å². The molecule has 39 heavy (non-hydrogen) atoms. The smallest absolute Gasteiger partial charge is 0.264 e. The molecule has 2 amide bonds. The summed E-state index contributed by atoms with van der Waals surface area (Å²) in [7, 11) is -4.11. The third-order valence-corrected chi connectivity index (χ3v) is 8.80. The Morgan fingerprint density at radius 1 is 0.923 bits per heavy atom. The van der Waals surface area contributed by atoms with E-state index in [0.29, 0.717) is 16.3 Å². The highest BCUT2D eigenvalue weighted by Crippen LogP contribution is 2.26. The van der Waals surface area contributed by atoms with Crippen LogP contribution in [0.5, 0.6) is 0 Å². The molecule has 0 heterocycles. The zero-order valence-electron chi connectivity index (χ0n) is 23.0. The molecule has 9 heteroatoms. The maximum Gasteiger partial charge on any atom is 0.264 e. The van der Waals surface area contributed by atoms with Crippen molar-refractivity contribution in [3.63, 3.8) is 0 Å². The van der Waals surface area contributed by atoms with Crippen LogP contribution in [0.15, 0.2) is 77.7 Å². The number of nitrogens with one attached hydrogen (secondary N) is 1. The maximum atomic E-state index is 14.0. The van der Waals surface area contributed by atoms with Crippen LogP contribution in [0.25, 0.3) is 0 Å². The summed E-state index contributed by atoms with van der Waals surface area (Å²) < 4.78 is 28.8. The van der Waals surface area contributed by atoms with E-state index < -0.39 is 28.5 Å². The number of rotatable bonds is 11. The number of carbonyl (C=O) groups is 2. The van der Waals surface area contributed by atoms with Gasteiger partial charge in [0, 0.05) is 17.6 Å². The Balaban J connectivity index is 2.04. The van der Waals surface area contributed by atoms with Gasteiger partial charge in [-0.2, -0.15) is 0 Å². The molecule has 0 radical (unpaired) electrons. The fourth-order valence-corrected chi connectivity index (χ4v) is 5.61. The summed E-state index contributed by atoms with van der Waals surface area (Å²) in [5, 5.41) is 3.37. The van der Waals surface area contributed by atoms with Crippen molar-refractivity contribution in [2.24, 2.45) is 0 Å². The Labute approximate surface area is 236 Å². The van der Waals surface area contributed by atoms with Crippen molar-refractivity contribution in [2.45, 2.75) is 64.6 Å². The Morgan fingerprint density at radius 3 is 2.21 bits per heavy atom. The summed E-state index contributed by atoms with van der Waals surface area (Å²) in [5.74, 6) is -0.854. The first-order valence-electron chi connectivity index (χ1n) is 12.9. The Kier molecular flexibility index (Phi) is 10.2. The average molecular weight is 570 g/mol. The first-order chi connectivity index (χ1) is 18.4. The summed E-state index contributed by atoms with van der Waals surface area (Å²) in [5.41, 5.74) is 2.77. The molecule has 0 fully saturated rings. The lowest BCUT2D eigenvalue weighted by Gasteiger charge is -2.32. The lowest BCUT2D eigenvalue weighted by atomic mass is 10.1. The molecule has 3 rings (SSSR count). The molecule has 0 aliphatic rings. The quantitative estimate of drug-likeness (QED) is 0.331. The number of halogens is 1. The molecular weight excluding hydrogens is 534 g/mol. The number of hydrogen-bond donors (Lipinski definition) is 1. The van der Waals surface area contributed by atoms with Crippen molar-refractivity contribution >= 4 is 39.1 Å². The summed E-state index contributed by atoms with van der Waals surface area (Å²) >= 11 is 6.40. The van der Waals surface area contributed by atoms with Crippen LogP contribution in [0, 0.1) is 13.8 Å². The van der Waals surface area contributed by atoms with Gasteiger partial charge >= 0.3 is 0 Å². The topological polar surface area (TPSA) is 86.8 Å². The van der Waals surface area contributed by atoms with E-state index in [1.807, 2.05) is 33.8 Å². The van der Waals surface area contributed by atoms with Crippen molar-refractivity contribution in [1.29, 1.82) is 0 Å². The highest BCUT2D eigenvalue weighted by Gasteiger charge is 2.33. The van der Waals surface area contributed by atoms with E-state index in [0.717, 1.165) is 21.9 Å². The fraction of sp³-hybridized carbons (Fsp3) is 0.333. The number of hydrogen-bond acceptors (Lipinski definition) is 4. The Bertz CT molecular complexity index is 1410. The largest absolute Gasteiger partial charge is 0.352 e. The molecule has 0 aromatic heterocycles. The van der Waals surface area contributed by atoms with Gasteiger partial charge in [0.15, 0.2) is 0 Å². The van der Waals surface area contributed by atoms with E-state index in [-0.39, 0.29) is 23.4 Å². The van der Waals surface area contributed by atoms with Gasteiger partial charge in [0.05, 0.1) is 10.6 Å².